The summed E-state index contributed by atoms with van der Waals surface area (Å²) in [6.45, 7) is 1.64. The molecule has 0 bridgehead atoms. The highest BCUT2D eigenvalue weighted by molar-refractivity contribution is 6.30. The average molecular weight is 423 g/mol. The molecule has 1 aromatic carbocycles. The zero-order valence-corrected chi connectivity index (χ0v) is 15.8. The van der Waals surface area contributed by atoms with E-state index in [0.717, 1.165) is 0 Å². The number of carbonyl (C=O) groups is 1. The number of alkyl halides is 3. The van der Waals surface area contributed by atoms with Crippen LogP contribution in [0, 0.1) is 6.92 Å². The molecule has 0 amide bonds. The average Bonchev–Trinajstić information content (AvgIpc) is 3.27. The second-order valence-corrected chi connectivity index (χ2v) is 7.29. The molecule has 4 rings (SSSR count). The van der Waals surface area contributed by atoms with Crippen LogP contribution in [0.3, 0.4) is 0 Å². The van der Waals surface area contributed by atoms with Gasteiger partial charge in [-0.2, -0.15) is 13.2 Å². The van der Waals surface area contributed by atoms with Crippen molar-refractivity contribution in [2.24, 2.45) is 5.16 Å². The van der Waals surface area contributed by atoms with E-state index in [1.54, 1.807) is 25.1 Å². The Balaban J connectivity index is 1.82. The smallest absolute Gasteiger partial charge is 0.435 e. The van der Waals surface area contributed by atoms with Crippen LogP contribution in [0.5, 0.6) is 0 Å². The number of pyridine rings is 1. The molecule has 0 saturated carbocycles. The maximum atomic E-state index is 14.2. The molecule has 29 heavy (non-hydrogen) atoms. The largest absolute Gasteiger partial charge is 0.477 e. The number of nitrogens with zero attached hydrogens (tertiary/aromatic N) is 2. The van der Waals surface area contributed by atoms with Crippen LogP contribution in [0.1, 0.15) is 33.6 Å². The zero-order chi connectivity index (χ0) is 21.0. The highest BCUT2D eigenvalue weighted by Gasteiger charge is 2.62. The van der Waals surface area contributed by atoms with Crippen LogP contribution in [0.2, 0.25) is 5.02 Å². The van der Waals surface area contributed by atoms with Gasteiger partial charge in [-0.05, 0) is 48.9 Å². The van der Waals surface area contributed by atoms with Gasteiger partial charge in [-0.1, -0.05) is 22.8 Å². The van der Waals surface area contributed by atoms with E-state index in [-0.39, 0.29) is 22.0 Å². The molecule has 0 spiro atoms. The molecule has 3 heterocycles. The fraction of sp³-hybridized carbons (Fsp3) is 0.200. The molecular formula is C20H14ClF3N2O3. The molecule has 0 fully saturated rings. The summed E-state index contributed by atoms with van der Waals surface area (Å²) >= 11 is 5.99. The van der Waals surface area contributed by atoms with Crippen molar-refractivity contribution < 1.29 is 27.9 Å². The first-order valence-electron chi connectivity index (χ1n) is 8.55. The summed E-state index contributed by atoms with van der Waals surface area (Å²) in [5.74, 6) is -1.15. The number of aryl methyl sites for hydroxylation is 1. The van der Waals surface area contributed by atoms with E-state index in [1.165, 1.54) is 34.9 Å². The molecule has 9 heteroatoms. The summed E-state index contributed by atoms with van der Waals surface area (Å²) in [5.41, 5.74) is -1.40. The van der Waals surface area contributed by atoms with Crippen molar-refractivity contribution in [2.75, 3.05) is 0 Å². The van der Waals surface area contributed by atoms with Crippen molar-refractivity contribution in [1.29, 1.82) is 0 Å². The van der Waals surface area contributed by atoms with Crippen LogP contribution in [-0.2, 0) is 10.4 Å². The molecule has 0 aliphatic carbocycles. The van der Waals surface area contributed by atoms with Crippen molar-refractivity contribution in [3.05, 3.63) is 76.1 Å². The van der Waals surface area contributed by atoms with E-state index in [1.807, 2.05) is 0 Å². The lowest BCUT2D eigenvalue weighted by atomic mass is 9.86. The van der Waals surface area contributed by atoms with Crippen LogP contribution in [0.25, 0.3) is 5.52 Å². The van der Waals surface area contributed by atoms with E-state index in [9.17, 15) is 23.1 Å². The van der Waals surface area contributed by atoms with E-state index in [2.05, 4.69) is 5.16 Å². The van der Waals surface area contributed by atoms with Crippen LogP contribution in [0.15, 0.2) is 53.8 Å². The quantitative estimate of drug-likeness (QED) is 0.632. The van der Waals surface area contributed by atoms with E-state index in [4.69, 9.17) is 16.4 Å². The molecular weight excluding hydrogens is 409 g/mol. The Morgan fingerprint density at radius 2 is 2.03 bits per heavy atom. The van der Waals surface area contributed by atoms with Crippen molar-refractivity contribution in [3.63, 3.8) is 0 Å². The van der Waals surface area contributed by atoms with Gasteiger partial charge in [0, 0.05) is 22.3 Å². The van der Waals surface area contributed by atoms with Crippen LogP contribution in [-0.4, -0.2) is 27.4 Å². The monoisotopic (exact) mass is 422 g/mol. The van der Waals surface area contributed by atoms with Gasteiger partial charge in [0.15, 0.2) is 0 Å². The normalized spacial score (nSPS) is 19.3. The predicted molar refractivity (Wildman–Crippen MR) is 101 cm³/mol. The molecule has 1 aliphatic rings. The molecule has 2 aromatic heterocycles. The first kappa shape index (κ1) is 19.3. The summed E-state index contributed by atoms with van der Waals surface area (Å²) in [4.78, 5) is 16.4. The van der Waals surface area contributed by atoms with Crippen molar-refractivity contribution in [1.82, 2.24) is 4.40 Å². The standard InChI is InChI=1S/C20H14ClF3N2O3/c1-11-7-12(9-13(21)8-11)19(20(22,23)24)10-15(25-29-19)14-4-5-17(18(27)28)26-6-2-3-16(14)26/h2-9H,10H2,1H3,(H,27,28). The minimum atomic E-state index is -4.76. The van der Waals surface area contributed by atoms with Gasteiger partial charge in [-0.3, -0.25) is 0 Å². The Labute approximate surface area is 168 Å². The molecule has 0 saturated heterocycles. The van der Waals surface area contributed by atoms with E-state index < -0.39 is 24.2 Å². The number of oxime groups is 1. The number of hydrogen-bond acceptors (Lipinski definition) is 3. The number of halogens is 4. The zero-order valence-electron chi connectivity index (χ0n) is 15.0. The molecule has 1 N–H and O–H groups in total. The number of carboxylic acid groups (broad SMARTS) is 1. The lowest BCUT2D eigenvalue weighted by Crippen LogP contribution is -2.42. The first-order valence-corrected chi connectivity index (χ1v) is 8.93. The first-order chi connectivity index (χ1) is 13.6. The summed E-state index contributed by atoms with van der Waals surface area (Å²) in [7, 11) is 0. The minimum absolute atomic E-state index is 0.0131. The fourth-order valence-corrected chi connectivity index (χ4v) is 3.86. The topological polar surface area (TPSA) is 63.3 Å². The lowest BCUT2D eigenvalue weighted by molar-refractivity contribution is -0.275. The lowest BCUT2D eigenvalue weighted by Gasteiger charge is -2.30. The summed E-state index contributed by atoms with van der Waals surface area (Å²) in [6.07, 6.45) is -3.80. The highest BCUT2D eigenvalue weighted by Crippen LogP contribution is 2.49. The summed E-state index contributed by atoms with van der Waals surface area (Å²) in [5, 5.41) is 13.2. The Hall–Kier alpha value is -3.00. The third kappa shape index (κ3) is 3.04. The number of aromatic carboxylic acids is 1. The third-order valence-electron chi connectivity index (χ3n) is 4.92. The SMILES string of the molecule is Cc1cc(Cl)cc(C2(C(F)(F)F)CC(c3ccc(C(=O)O)n4cccc34)=NO2)c1. The van der Waals surface area contributed by atoms with Gasteiger partial charge in [0.2, 0.25) is 0 Å². The Morgan fingerprint density at radius 1 is 1.28 bits per heavy atom. The maximum absolute atomic E-state index is 14.2. The van der Waals surface area contributed by atoms with Crippen LogP contribution >= 0.6 is 11.6 Å². The molecule has 1 unspecified atom stereocenters. The molecule has 1 atom stereocenters. The Kier molecular flexibility index (Phi) is 4.34. The van der Waals surface area contributed by atoms with Gasteiger partial charge in [-0.15, -0.1) is 0 Å². The molecule has 3 aromatic rings. The van der Waals surface area contributed by atoms with Gasteiger partial charge in [0.25, 0.3) is 5.60 Å². The van der Waals surface area contributed by atoms with Gasteiger partial charge in [0.05, 0.1) is 17.6 Å². The van der Waals surface area contributed by atoms with Crippen LogP contribution in [0.4, 0.5) is 13.2 Å². The van der Waals surface area contributed by atoms with Gasteiger partial charge in [0.1, 0.15) is 5.69 Å². The van der Waals surface area contributed by atoms with Crippen molar-refractivity contribution in [2.45, 2.75) is 25.1 Å². The maximum Gasteiger partial charge on any atom is 0.435 e. The van der Waals surface area contributed by atoms with Gasteiger partial charge < -0.3 is 14.3 Å². The number of rotatable bonds is 3. The molecule has 150 valence electrons. The molecule has 5 nitrogen and oxygen atoms in total. The van der Waals surface area contributed by atoms with E-state index >= 15 is 0 Å². The number of aromatic nitrogens is 1. The second-order valence-electron chi connectivity index (χ2n) is 6.85. The van der Waals surface area contributed by atoms with Gasteiger partial charge in [-0.25, -0.2) is 4.79 Å². The van der Waals surface area contributed by atoms with Crippen molar-refractivity contribution >= 4 is 28.8 Å². The van der Waals surface area contributed by atoms with Gasteiger partial charge >= 0.3 is 12.1 Å². The highest BCUT2D eigenvalue weighted by atomic mass is 35.5. The van der Waals surface area contributed by atoms with E-state index in [0.29, 0.717) is 16.6 Å². The Bertz CT molecular complexity index is 1150. The minimum Gasteiger partial charge on any atom is -0.477 e. The number of carboxylic acids is 1. The number of fused-ring (bicyclic) bond motifs is 1. The Morgan fingerprint density at radius 3 is 2.69 bits per heavy atom. The second kappa shape index (κ2) is 6.52. The molecule has 0 radical (unpaired) electrons. The van der Waals surface area contributed by atoms with Crippen molar-refractivity contribution in [3.8, 4) is 0 Å². The third-order valence-corrected chi connectivity index (χ3v) is 5.13. The van der Waals surface area contributed by atoms with Crippen LogP contribution < -0.4 is 0 Å². The summed E-state index contributed by atoms with van der Waals surface area (Å²) in [6, 6.07) is 10.1. The fourth-order valence-electron chi connectivity index (χ4n) is 3.57. The molecule has 1 aliphatic heterocycles. The number of hydrogen-bond donors (Lipinski definition) is 1. The predicted octanol–water partition coefficient (Wildman–Crippen LogP) is 5.18. The summed E-state index contributed by atoms with van der Waals surface area (Å²) < 4.78 is 43.8. The number of benzene rings is 1.